The number of benzene rings is 2. The molecule has 3 aromatic rings. The van der Waals surface area contributed by atoms with Gasteiger partial charge in [-0.05, 0) is 18.6 Å². The first-order chi connectivity index (χ1) is 14.2. The van der Waals surface area contributed by atoms with Crippen LogP contribution in [0.1, 0.15) is 13.3 Å². The number of carbonyl (C=O) groups is 1. The predicted octanol–water partition coefficient (Wildman–Crippen LogP) is 3.15. The Morgan fingerprint density at radius 1 is 1.10 bits per heavy atom. The lowest BCUT2D eigenvalue weighted by Crippen LogP contribution is -2.36. The molecule has 0 fully saturated rings. The zero-order valence-electron chi connectivity index (χ0n) is 15.9. The Morgan fingerprint density at radius 3 is 2.66 bits per heavy atom. The van der Waals surface area contributed by atoms with E-state index in [2.05, 4.69) is 11.9 Å². The molecule has 3 heterocycles. The zero-order valence-corrected chi connectivity index (χ0v) is 16.7. The molecule has 0 bridgehead atoms. The second-order valence-electron chi connectivity index (χ2n) is 6.81. The number of ether oxygens (including phenoxy) is 4. The third-order valence-corrected chi connectivity index (χ3v) is 5.82. The van der Waals surface area contributed by atoms with E-state index in [0.29, 0.717) is 29.5 Å². The number of carbonyl (C=O) groups excluding carboxylic acids is 1. The smallest absolute Gasteiger partial charge is 0.292 e. The van der Waals surface area contributed by atoms with Crippen LogP contribution in [0.25, 0.3) is 10.2 Å². The van der Waals surface area contributed by atoms with Gasteiger partial charge in [0.25, 0.3) is 5.91 Å². The predicted molar refractivity (Wildman–Crippen MR) is 108 cm³/mol. The van der Waals surface area contributed by atoms with Crippen molar-refractivity contribution in [1.82, 2.24) is 4.57 Å². The van der Waals surface area contributed by atoms with Crippen LogP contribution in [0, 0.1) is 0 Å². The molecule has 2 aliphatic rings. The summed E-state index contributed by atoms with van der Waals surface area (Å²) >= 11 is 1.46. The number of amides is 1. The summed E-state index contributed by atoms with van der Waals surface area (Å²) in [5.74, 6) is 2.31. The van der Waals surface area contributed by atoms with E-state index < -0.39 is 6.10 Å². The fourth-order valence-corrected chi connectivity index (χ4v) is 4.51. The van der Waals surface area contributed by atoms with E-state index in [9.17, 15) is 4.79 Å². The Balaban J connectivity index is 1.52. The largest absolute Gasteiger partial charge is 0.486 e. The number of aromatic nitrogens is 1. The van der Waals surface area contributed by atoms with E-state index in [4.69, 9.17) is 18.9 Å². The lowest BCUT2D eigenvalue weighted by atomic mass is 10.2. The van der Waals surface area contributed by atoms with Crippen molar-refractivity contribution < 1.29 is 23.7 Å². The van der Waals surface area contributed by atoms with Crippen LogP contribution in [0.4, 0.5) is 0 Å². The molecule has 0 N–H and O–H groups in total. The topological polar surface area (TPSA) is 71.3 Å². The van der Waals surface area contributed by atoms with Gasteiger partial charge >= 0.3 is 0 Å². The van der Waals surface area contributed by atoms with Crippen molar-refractivity contribution in [2.45, 2.75) is 26.0 Å². The fraction of sp³-hybridized carbons (Fsp3) is 0.333. The third-order valence-electron chi connectivity index (χ3n) is 4.78. The van der Waals surface area contributed by atoms with Crippen LogP contribution in [0.2, 0.25) is 0 Å². The first-order valence-corrected chi connectivity index (χ1v) is 10.4. The molecule has 0 saturated carbocycles. The molecule has 8 heteroatoms. The van der Waals surface area contributed by atoms with Gasteiger partial charge in [0.1, 0.15) is 19.8 Å². The van der Waals surface area contributed by atoms with Gasteiger partial charge in [0, 0.05) is 18.7 Å². The summed E-state index contributed by atoms with van der Waals surface area (Å²) in [6.45, 7) is 4.06. The molecular weight excluding hydrogens is 392 g/mol. The summed E-state index contributed by atoms with van der Waals surface area (Å²) < 4.78 is 25.9. The monoisotopic (exact) mass is 412 g/mol. The van der Waals surface area contributed by atoms with Crippen molar-refractivity contribution in [3.63, 3.8) is 0 Å². The highest BCUT2D eigenvalue weighted by Gasteiger charge is 2.27. The summed E-state index contributed by atoms with van der Waals surface area (Å²) in [6, 6.07) is 11.2. The molecular formula is C21H20N2O5S. The average Bonchev–Trinajstić information content (AvgIpc) is 3.08. The van der Waals surface area contributed by atoms with Gasteiger partial charge < -0.3 is 23.5 Å². The second kappa shape index (κ2) is 7.44. The average molecular weight is 412 g/mol. The summed E-state index contributed by atoms with van der Waals surface area (Å²) in [7, 11) is 0. The number of para-hydroxylation sites is 2. The molecule has 1 amide bonds. The standard InChI is InChI=1S/C21H20N2O5S/c1-2-7-23-13-10-16-17(26-9-8-25-16)11-19(13)29-21(23)22-20(24)18-12-27-14-5-3-4-6-15(14)28-18/h3-6,10-11,18H,2,7-9,12H2,1H3/t18-/m0/s1. The normalized spacial score (nSPS) is 18.1. The highest BCUT2D eigenvalue weighted by atomic mass is 32.1. The van der Waals surface area contributed by atoms with Crippen molar-refractivity contribution in [2.75, 3.05) is 19.8 Å². The van der Waals surface area contributed by atoms with Gasteiger partial charge in [-0.1, -0.05) is 30.4 Å². The minimum absolute atomic E-state index is 0.147. The number of thiazole rings is 1. The van der Waals surface area contributed by atoms with E-state index in [-0.39, 0.29) is 12.5 Å². The van der Waals surface area contributed by atoms with Crippen LogP contribution in [0.3, 0.4) is 0 Å². The van der Waals surface area contributed by atoms with E-state index in [0.717, 1.165) is 34.7 Å². The maximum absolute atomic E-state index is 12.8. The maximum atomic E-state index is 12.8. The molecule has 0 aliphatic carbocycles. The van der Waals surface area contributed by atoms with Crippen molar-refractivity contribution in [3.05, 3.63) is 41.2 Å². The van der Waals surface area contributed by atoms with Gasteiger partial charge in [0.2, 0.25) is 6.10 Å². The molecule has 2 aliphatic heterocycles. The van der Waals surface area contributed by atoms with Crippen molar-refractivity contribution in [2.24, 2.45) is 4.99 Å². The Bertz CT molecular complexity index is 1150. The lowest BCUT2D eigenvalue weighted by Gasteiger charge is -2.23. The van der Waals surface area contributed by atoms with Crippen LogP contribution in [0.15, 0.2) is 41.4 Å². The first-order valence-electron chi connectivity index (χ1n) is 9.63. The van der Waals surface area contributed by atoms with Crippen LogP contribution in [-0.4, -0.2) is 36.4 Å². The summed E-state index contributed by atoms with van der Waals surface area (Å²) in [4.78, 5) is 17.9. The Hall–Kier alpha value is -3.00. The summed E-state index contributed by atoms with van der Waals surface area (Å²) in [6.07, 6.45) is 0.156. The number of rotatable bonds is 3. The first kappa shape index (κ1) is 18.1. The van der Waals surface area contributed by atoms with Gasteiger partial charge in [-0.3, -0.25) is 4.79 Å². The van der Waals surface area contributed by atoms with Gasteiger partial charge in [-0.2, -0.15) is 4.99 Å². The Labute approximate surface area is 171 Å². The molecule has 5 rings (SSSR count). The second-order valence-corrected chi connectivity index (χ2v) is 7.82. The minimum atomic E-state index is -0.759. The quantitative estimate of drug-likeness (QED) is 0.661. The molecule has 0 unspecified atom stereocenters. The molecule has 0 radical (unpaired) electrons. The van der Waals surface area contributed by atoms with Crippen molar-refractivity contribution in [1.29, 1.82) is 0 Å². The fourth-order valence-electron chi connectivity index (χ4n) is 3.44. The van der Waals surface area contributed by atoms with E-state index in [1.807, 2.05) is 34.9 Å². The van der Waals surface area contributed by atoms with Crippen LogP contribution >= 0.6 is 11.3 Å². The molecule has 7 nitrogen and oxygen atoms in total. The van der Waals surface area contributed by atoms with Crippen LogP contribution in [0.5, 0.6) is 23.0 Å². The molecule has 2 aromatic carbocycles. The van der Waals surface area contributed by atoms with Crippen LogP contribution in [-0.2, 0) is 11.3 Å². The number of hydrogen-bond acceptors (Lipinski definition) is 6. The molecule has 1 atom stereocenters. The maximum Gasteiger partial charge on any atom is 0.292 e. The zero-order chi connectivity index (χ0) is 19.8. The highest BCUT2D eigenvalue weighted by Crippen LogP contribution is 2.36. The number of hydrogen-bond donors (Lipinski definition) is 0. The van der Waals surface area contributed by atoms with Crippen molar-refractivity contribution >= 4 is 27.5 Å². The van der Waals surface area contributed by atoms with Crippen LogP contribution < -0.4 is 23.7 Å². The Kier molecular flexibility index (Phi) is 4.63. The summed E-state index contributed by atoms with van der Waals surface area (Å²) in [5.41, 5.74) is 0.985. The van der Waals surface area contributed by atoms with Gasteiger partial charge in [0.05, 0.1) is 10.2 Å². The van der Waals surface area contributed by atoms with Crippen molar-refractivity contribution in [3.8, 4) is 23.0 Å². The molecule has 1 aromatic heterocycles. The molecule has 29 heavy (non-hydrogen) atoms. The number of fused-ring (bicyclic) bond motifs is 3. The number of aryl methyl sites for hydroxylation is 1. The summed E-state index contributed by atoms with van der Waals surface area (Å²) in [5, 5.41) is 0. The third kappa shape index (κ3) is 3.33. The lowest BCUT2D eigenvalue weighted by molar-refractivity contribution is -0.127. The molecule has 150 valence electrons. The van der Waals surface area contributed by atoms with Gasteiger partial charge in [-0.25, -0.2) is 0 Å². The molecule has 0 saturated heterocycles. The number of nitrogens with zero attached hydrogens (tertiary/aromatic N) is 2. The molecule has 0 spiro atoms. The van der Waals surface area contributed by atoms with Gasteiger partial charge in [0.15, 0.2) is 27.8 Å². The van der Waals surface area contributed by atoms with E-state index in [1.54, 1.807) is 6.07 Å². The van der Waals surface area contributed by atoms with Gasteiger partial charge in [-0.15, -0.1) is 0 Å². The SMILES string of the molecule is CCCn1c(=NC(=O)[C@@H]2COc3ccccc3O2)sc2cc3c(cc21)OCCO3. The Morgan fingerprint density at radius 2 is 1.86 bits per heavy atom. The van der Waals surface area contributed by atoms with E-state index >= 15 is 0 Å². The highest BCUT2D eigenvalue weighted by molar-refractivity contribution is 7.16. The van der Waals surface area contributed by atoms with E-state index in [1.165, 1.54) is 11.3 Å². The minimum Gasteiger partial charge on any atom is -0.486 e.